The first-order valence-electron chi connectivity index (χ1n) is 5.56. The molecule has 1 atom stereocenters. The van der Waals surface area contributed by atoms with Crippen LogP contribution < -0.4 is 5.32 Å². The summed E-state index contributed by atoms with van der Waals surface area (Å²) in [5.41, 5.74) is -0.374. The highest BCUT2D eigenvalue weighted by Crippen LogP contribution is 2.41. The summed E-state index contributed by atoms with van der Waals surface area (Å²) in [7, 11) is 0. The number of hydrogen-bond donors (Lipinski definition) is 1. The number of alkyl halides is 5. The van der Waals surface area contributed by atoms with Crippen molar-refractivity contribution >= 4 is 21.7 Å². The van der Waals surface area contributed by atoms with Crippen molar-refractivity contribution < 1.29 is 22.0 Å². The van der Waals surface area contributed by atoms with E-state index in [9.17, 15) is 22.0 Å². The molecule has 0 spiro atoms. The number of hydrogen-bond acceptors (Lipinski definition) is 2. The molecule has 1 heterocycles. The fourth-order valence-electron chi connectivity index (χ4n) is 1.77. The Morgan fingerprint density at radius 1 is 1.26 bits per heavy atom. The normalized spacial score (nSPS) is 17.6. The van der Waals surface area contributed by atoms with E-state index in [-0.39, 0.29) is 16.0 Å². The molecular weight excluding hydrogens is 335 g/mol. The van der Waals surface area contributed by atoms with Gasteiger partial charge in [0.1, 0.15) is 16.5 Å². The first-order valence-corrected chi connectivity index (χ1v) is 6.35. The molecule has 0 aliphatic heterocycles. The van der Waals surface area contributed by atoms with Crippen molar-refractivity contribution in [1.29, 1.82) is 0 Å². The zero-order chi connectivity index (χ0) is 14.2. The van der Waals surface area contributed by atoms with Crippen LogP contribution in [0.4, 0.5) is 27.8 Å². The number of nitrogens with zero attached hydrogens (tertiary/aromatic N) is 1. The van der Waals surface area contributed by atoms with E-state index in [0.29, 0.717) is 12.8 Å². The van der Waals surface area contributed by atoms with E-state index < -0.39 is 24.6 Å². The predicted octanol–water partition coefficient (Wildman–Crippen LogP) is 4.53. The fraction of sp³-hybridized carbons (Fsp3) is 0.545. The molecule has 1 fully saturated rings. The number of nitrogens with one attached hydrogen (secondary N) is 1. The third-order valence-electron chi connectivity index (χ3n) is 2.82. The van der Waals surface area contributed by atoms with Gasteiger partial charge < -0.3 is 5.32 Å². The van der Waals surface area contributed by atoms with Crippen LogP contribution in [-0.4, -0.2) is 17.2 Å². The van der Waals surface area contributed by atoms with Gasteiger partial charge in [0.15, 0.2) is 0 Å². The van der Waals surface area contributed by atoms with Gasteiger partial charge in [-0.1, -0.05) is 0 Å². The minimum Gasteiger partial charge on any atom is -0.358 e. The summed E-state index contributed by atoms with van der Waals surface area (Å²) in [6.45, 7) is 0. The Bertz CT molecular complexity index is 459. The molecule has 0 radical (unpaired) electrons. The molecule has 0 amide bonds. The monoisotopic (exact) mass is 344 g/mol. The molecule has 2 rings (SSSR count). The molecule has 19 heavy (non-hydrogen) atoms. The van der Waals surface area contributed by atoms with Crippen molar-refractivity contribution in [3.63, 3.8) is 0 Å². The number of aromatic nitrogens is 1. The van der Waals surface area contributed by atoms with E-state index in [4.69, 9.17) is 0 Å². The predicted molar refractivity (Wildman–Crippen MR) is 63.1 cm³/mol. The number of anilines is 1. The highest BCUT2D eigenvalue weighted by molar-refractivity contribution is 9.10. The second-order valence-electron chi connectivity index (χ2n) is 4.41. The molecule has 1 aromatic rings. The van der Waals surface area contributed by atoms with Crippen molar-refractivity contribution in [3.8, 4) is 0 Å². The van der Waals surface area contributed by atoms with Gasteiger partial charge in [0.05, 0.1) is 0 Å². The third kappa shape index (κ3) is 3.77. The average molecular weight is 345 g/mol. The molecule has 1 aliphatic rings. The van der Waals surface area contributed by atoms with Gasteiger partial charge in [0.25, 0.3) is 6.43 Å². The number of rotatable bonds is 4. The Morgan fingerprint density at radius 3 is 2.37 bits per heavy atom. The van der Waals surface area contributed by atoms with Gasteiger partial charge in [-0.05, 0) is 46.8 Å². The van der Waals surface area contributed by atoms with Gasteiger partial charge in [-0.15, -0.1) is 0 Å². The van der Waals surface area contributed by atoms with Crippen LogP contribution in [0.15, 0.2) is 16.7 Å². The van der Waals surface area contributed by atoms with E-state index >= 15 is 0 Å². The van der Waals surface area contributed by atoms with Gasteiger partial charge in [-0.25, -0.2) is 13.8 Å². The van der Waals surface area contributed by atoms with Crippen LogP contribution in [0.3, 0.4) is 0 Å². The zero-order valence-electron chi connectivity index (χ0n) is 9.52. The minimum atomic E-state index is -4.42. The topological polar surface area (TPSA) is 24.9 Å². The van der Waals surface area contributed by atoms with Crippen molar-refractivity contribution in [3.05, 3.63) is 22.3 Å². The highest BCUT2D eigenvalue weighted by Gasteiger charge is 2.49. The Balaban J connectivity index is 2.21. The van der Waals surface area contributed by atoms with E-state index in [1.54, 1.807) is 0 Å². The summed E-state index contributed by atoms with van der Waals surface area (Å²) in [6.07, 6.45) is -6.22. The molecular formula is C11H10BrF5N2. The summed E-state index contributed by atoms with van der Waals surface area (Å²) < 4.78 is 63.6. The molecule has 0 bridgehead atoms. The molecule has 106 valence electrons. The van der Waals surface area contributed by atoms with E-state index in [1.807, 2.05) is 0 Å². The van der Waals surface area contributed by atoms with Gasteiger partial charge in [-0.2, -0.15) is 13.2 Å². The van der Waals surface area contributed by atoms with Crippen LogP contribution in [0.5, 0.6) is 0 Å². The Labute approximate surface area is 114 Å². The van der Waals surface area contributed by atoms with Gasteiger partial charge in [-0.3, -0.25) is 0 Å². The fourth-order valence-corrected chi connectivity index (χ4v) is 2.23. The van der Waals surface area contributed by atoms with Crippen LogP contribution in [-0.2, 0) is 0 Å². The summed E-state index contributed by atoms with van der Waals surface area (Å²) in [6, 6.07) is 0.284. The Morgan fingerprint density at radius 2 is 1.89 bits per heavy atom. The van der Waals surface area contributed by atoms with Crippen molar-refractivity contribution in [2.24, 2.45) is 5.92 Å². The maximum atomic E-state index is 12.8. The van der Waals surface area contributed by atoms with Gasteiger partial charge in [0, 0.05) is 5.56 Å². The van der Waals surface area contributed by atoms with Crippen LogP contribution in [0.25, 0.3) is 0 Å². The van der Waals surface area contributed by atoms with Gasteiger partial charge in [0.2, 0.25) is 0 Å². The lowest BCUT2D eigenvalue weighted by atomic mass is 10.1. The Kier molecular flexibility index (Phi) is 3.98. The van der Waals surface area contributed by atoms with E-state index in [0.717, 1.165) is 12.1 Å². The average Bonchev–Trinajstić information content (AvgIpc) is 3.07. The molecule has 2 nitrogen and oxygen atoms in total. The van der Waals surface area contributed by atoms with E-state index in [1.165, 1.54) is 0 Å². The number of halogens is 6. The maximum Gasteiger partial charge on any atom is 0.408 e. The molecule has 0 aromatic carbocycles. The lowest BCUT2D eigenvalue weighted by molar-refractivity contribution is -0.146. The lowest BCUT2D eigenvalue weighted by Gasteiger charge is -2.22. The van der Waals surface area contributed by atoms with Crippen molar-refractivity contribution in [1.82, 2.24) is 4.98 Å². The second kappa shape index (κ2) is 5.22. The van der Waals surface area contributed by atoms with Crippen molar-refractivity contribution in [2.45, 2.75) is 31.5 Å². The first-order chi connectivity index (χ1) is 8.77. The largest absolute Gasteiger partial charge is 0.408 e. The summed E-state index contributed by atoms with van der Waals surface area (Å²) in [5.74, 6) is -0.699. The molecule has 1 aliphatic carbocycles. The zero-order valence-corrected chi connectivity index (χ0v) is 11.1. The van der Waals surface area contributed by atoms with Crippen LogP contribution in [0, 0.1) is 5.92 Å². The minimum absolute atomic E-state index is 0.0736. The standard InChI is InChI=1S/C11H10BrF5N2/c12-7-3-6(10(13)14)4-8(18-7)19-9(5-1-2-5)11(15,16)17/h3-5,9-10H,1-2H2,(H,18,19). The highest BCUT2D eigenvalue weighted by atomic mass is 79.9. The summed E-state index contributed by atoms with van der Waals surface area (Å²) >= 11 is 2.91. The first kappa shape index (κ1) is 14.5. The summed E-state index contributed by atoms with van der Waals surface area (Å²) in [4.78, 5) is 3.75. The van der Waals surface area contributed by atoms with Crippen LogP contribution in [0.1, 0.15) is 24.8 Å². The smallest absolute Gasteiger partial charge is 0.358 e. The molecule has 1 unspecified atom stereocenters. The molecule has 1 saturated carbocycles. The lowest BCUT2D eigenvalue weighted by Crippen LogP contribution is -2.38. The van der Waals surface area contributed by atoms with Crippen LogP contribution >= 0.6 is 15.9 Å². The summed E-state index contributed by atoms with van der Waals surface area (Å²) in [5, 5.41) is 2.22. The maximum absolute atomic E-state index is 12.8. The Hall–Kier alpha value is -0.920. The van der Waals surface area contributed by atoms with Crippen LogP contribution in [0.2, 0.25) is 0 Å². The second-order valence-corrected chi connectivity index (χ2v) is 5.22. The molecule has 8 heteroatoms. The third-order valence-corrected chi connectivity index (χ3v) is 3.22. The van der Waals surface area contributed by atoms with E-state index in [2.05, 4.69) is 26.2 Å². The molecule has 1 N–H and O–H groups in total. The molecule has 1 aromatic heterocycles. The van der Waals surface area contributed by atoms with Gasteiger partial charge >= 0.3 is 6.18 Å². The van der Waals surface area contributed by atoms with Crippen molar-refractivity contribution in [2.75, 3.05) is 5.32 Å². The molecule has 0 saturated heterocycles. The quantitative estimate of drug-likeness (QED) is 0.640. The SMILES string of the molecule is FC(F)c1cc(Br)nc(NC(C2CC2)C(F)(F)F)c1. The number of pyridine rings is 1.